The summed E-state index contributed by atoms with van der Waals surface area (Å²) in [5.41, 5.74) is -0.865. The highest BCUT2D eigenvalue weighted by Crippen LogP contribution is 2.34. The fraction of sp³-hybridized carbons (Fsp3) is 0.846. The van der Waals surface area contributed by atoms with Gasteiger partial charge in [-0.05, 0) is 27.7 Å². The van der Waals surface area contributed by atoms with Gasteiger partial charge in [-0.15, -0.1) is 0 Å². The Morgan fingerprint density at radius 2 is 1.71 bits per heavy atom. The minimum atomic E-state index is -0.481. The first-order valence-electron chi connectivity index (χ1n) is 6.07. The third-order valence-electron chi connectivity index (χ3n) is 2.85. The summed E-state index contributed by atoms with van der Waals surface area (Å²) in [4.78, 5) is 25.2. The lowest BCUT2D eigenvalue weighted by Crippen LogP contribution is -2.62. The van der Waals surface area contributed by atoms with Gasteiger partial charge in [0.1, 0.15) is 11.4 Å². The maximum Gasteiger partial charge on any atom is 0.410 e. The minimum Gasteiger partial charge on any atom is -0.444 e. The van der Waals surface area contributed by atoms with Crippen LogP contribution in [0, 0.1) is 11.3 Å². The zero-order valence-electron chi connectivity index (χ0n) is 11.7. The molecule has 1 amide bonds. The molecular weight excluding hydrogens is 218 g/mol. The van der Waals surface area contributed by atoms with Crippen LogP contribution in [0.5, 0.6) is 0 Å². The predicted molar refractivity (Wildman–Crippen MR) is 65.8 cm³/mol. The van der Waals surface area contributed by atoms with Gasteiger partial charge in [0.2, 0.25) is 0 Å². The molecule has 4 nitrogen and oxygen atoms in total. The van der Waals surface area contributed by atoms with Gasteiger partial charge in [0, 0.05) is 19.0 Å². The number of carbonyl (C=O) groups excluding carboxylic acids is 2. The lowest BCUT2D eigenvalue weighted by Gasteiger charge is -2.47. The van der Waals surface area contributed by atoms with Crippen molar-refractivity contribution in [2.75, 3.05) is 13.1 Å². The Morgan fingerprint density at radius 3 is 2.06 bits per heavy atom. The van der Waals surface area contributed by atoms with E-state index in [2.05, 4.69) is 0 Å². The zero-order valence-corrected chi connectivity index (χ0v) is 11.7. The van der Waals surface area contributed by atoms with Crippen molar-refractivity contribution in [2.24, 2.45) is 11.3 Å². The molecule has 0 radical (unpaired) electrons. The Morgan fingerprint density at radius 1 is 1.24 bits per heavy atom. The lowest BCUT2D eigenvalue weighted by atomic mass is 9.74. The molecule has 0 N–H and O–H groups in total. The smallest absolute Gasteiger partial charge is 0.410 e. The number of hydrogen-bond acceptors (Lipinski definition) is 3. The molecule has 4 heteroatoms. The van der Waals surface area contributed by atoms with Crippen molar-refractivity contribution in [1.29, 1.82) is 0 Å². The number of likely N-dealkylation sites (tertiary alicyclic amines) is 1. The second kappa shape index (κ2) is 4.31. The van der Waals surface area contributed by atoms with E-state index in [9.17, 15) is 9.59 Å². The van der Waals surface area contributed by atoms with Gasteiger partial charge in [0.25, 0.3) is 0 Å². The normalized spacial score (nSPS) is 18.9. The molecule has 1 saturated heterocycles. The second-order valence-electron chi connectivity index (χ2n) is 6.42. The average Bonchev–Trinajstić information content (AvgIpc) is 2.08. The van der Waals surface area contributed by atoms with E-state index in [0.717, 1.165) is 0 Å². The third kappa shape index (κ3) is 3.20. The summed E-state index contributed by atoms with van der Waals surface area (Å²) in [6.45, 7) is 12.1. The van der Waals surface area contributed by atoms with Gasteiger partial charge in [-0.2, -0.15) is 0 Å². The van der Waals surface area contributed by atoms with E-state index in [0.29, 0.717) is 13.1 Å². The van der Waals surface area contributed by atoms with Crippen LogP contribution in [0.25, 0.3) is 0 Å². The van der Waals surface area contributed by atoms with Crippen molar-refractivity contribution >= 4 is 11.9 Å². The van der Waals surface area contributed by atoms with Gasteiger partial charge in [0.15, 0.2) is 0 Å². The topological polar surface area (TPSA) is 46.6 Å². The van der Waals surface area contributed by atoms with Gasteiger partial charge >= 0.3 is 6.09 Å². The van der Waals surface area contributed by atoms with E-state index < -0.39 is 5.60 Å². The van der Waals surface area contributed by atoms with Crippen LogP contribution >= 0.6 is 0 Å². The van der Waals surface area contributed by atoms with Crippen molar-refractivity contribution in [3.8, 4) is 0 Å². The maximum atomic E-state index is 11.9. The largest absolute Gasteiger partial charge is 0.444 e. The summed E-state index contributed by atoms with van der Waals surface area (Å²) in [5.74, 6) is 0.234. The molecule has 1 fully saturated rings. The second-order valence-corrected chi connectivity index (χ2v) is 6.42. The van der Waals surface area contributed by atoms with E-state index in [4.69, 9.17) is 4.74 Å². The van der Waals surface area contributed by atoms with Gasteiger partial charge in [0.05, 0.1) is 5.41 Å². The molecular formula is C13H23NO3. The molecule has 0 spiro atoms. The summed E-state index contributed by atoms with van der Waals surface area (Å²) in [7, 11) is 0. The van der Waals surface area contributed by atoms with Crippen molar-refractivity contribution in [3.05, 3.63) is 0 Å². The van der Waals surface area contributed by atoms with Crippen molar-refractivity contribution < 1.29 is 14.3 Å². The van der Waals surface area contributed by atoms with E-state index in [1.165, 1.54) is 0 Å². The number of hydrogen-bond donors (Lipinski definition) is 0. The Hall–Kier alpha value is -1.06. The Bertz CT molecular complexity index is 322. The van der Waals surface area contributed by atoms with Crippen LogP contribution in [0.2, 0.25) is 0 Å². The molecule has 0 saturated carbocycles. The van der Waals surface area contributed by atoms with E-state index in [1.54, 1.807) is 4.90 Å². The zero-order chi connectivity index (χ0) is 13.4. The molecule has 1 aliphatic heterocycles. The summed E-state index contributed by atoms with van der Waals surface area (Å²) in [6, 6.07) is 0. The van der Waals surface area contributed by atoms with Gasteiger partial charge in [-0.25, -0.2) is 4.79 Å². The fourth-order valence-corrected chi connectivity index (χ4v) is 2.10. The standard InChI is InChI=1S/C13H23NO3/c1-9(2)10(15)13(6)7-14(8-13)11(16)17-12(3,4)5/h9H,7-8H2,1-6H3. The molecule has 98 valence electrons. The number of amides is 1. The Labute approximate surface area is 103 Å². The maximum absolute atomic E-state index is 11.9. The molecule has 0 aromatic carbocycles. The minimum absolute atomic E-state index is 0.0146. The average molecular weight is 241 g/mol. The third-order valence-corrected chi connectivity index (χ3v) is 2.85. The molecule has 1 aliphatic rings. The molecule has 0 aromatic rings. The van der Waals surface area contributed by atoms with Gasteiger partial charge < -0.3 is 9.64 Å². The number of carbonyl (C=O) groups is 2. The number of Topliss-reactive ketones (excluding diaryl/α,β-unsaturated/α-hetero) is 1. The fourth-order valence-electron chi connectivity index (χ4n) is 2.10. The SMILES string of the molecule is CC(C)C(=O)C1(C)CN(C(=O)OC(C)(C)C)C1. The van der Waals surface area contributed by atoms with E-state index in [1.807, 2.05) is 41.5 Å². The number of rotatable bonds is 2. The van der Waals surface area contributed by atoms with E-state index in [-0.39, 0.29) is 23.2 Å². The number of ether oxygens (including phenoxy) is 1. The first-order valence-corrected chi connectivity index (χ1v) is 6.07. The lowest BCUT2D eigenvalue weighted by molar-refractivity contribution is -0.139. The van der Waals surface area contributed by atoms with Gasteiger partial charge in [-0.1, -0.05) is 13.8 Å². The molecule has 1 rings (SSSR count). The highest BCUT2D eigenvalue weighted by atomic mass is 16.6. The summed E-state index contributed by atoms with van der Waals surface area (Å²) in [5, 5.41) is 0. The Balaban J connectivity index is 2.51. The van der Waals surface area contributed by atoms with Crippen LogP contribution in [-0.4, -0.2) is 35.5 Å². The molecule has 0 aromatic heterocycles. The quantitative estimate of drug-likeness (QED) is 0.746. The van der Waals surface area contributed by atoms with Crippen LogP contribution in [0.15, 0.2) is 0 Å². The van der Waals surface area contributed by atoms with Crippen LogP contribution in [0.1, 0.15) is 41.5 Å². The van der Waals surface area contributed by atoms with Crippen LogP contribution < -0.4 is 0 Å². The summed E-state index contributed by atoms with van der Waals surface area (Å²) >= 11 is 0. The molecule has 1 heterocycles. The van der Waals surface area contributed by atoms with Crippen LogP contribution in [0.3, 0.4) is 0 Å². The van der Waals surface area contributed by atoms with E-state index >= 15 is 0 Å². The molecule has 0 aliphatic carbocycles. The van der Waals surface area contributed by atoms with Crippen molar-refractivity contribution in [2.45, 2.75) is 47.1 Å². The summed E-state index contributed by atoms with van der Waals surface area (Å²) < 4.78 is 5.25. The summed E-state index contributed by atoms with van der Waals surface area (Å²) in [6.07, 6.45) is -0.327. The molecule has 0 atom stereocenters. The highest BCUT2D eigenvalue weighted by Gasteiger charge is 2.48. The van der Waals surface area contributed by atoms with Crippen molar-refractivity contribution in [3.63, 3.8) is 0 Å². The molecule has 0 bridgehead atoms. The monoisotopic (exact) mass is 241 g/mol. The molecule has 0 unspecified atom stereocenters. The molecule has 17 heavy (non-hydrogen) atoms. The van der Waals surface area contributed by atoms with Gasteiger partial charge in [-0.3, -0.25) is 4.79 Å². The van der Waals surface area contributed by atoms with Crippen LogP contribution in [-0.2, 0) is 9.53 Å². The highest BCUT2D eigenvalue weighted by molar-refractivity contribution is 5.89. The first kappa shape index (κ1) is 14.0. The first-order chi connectivity index (χ1) is 7.55. The Kier molecular flexibility index (Phi) is 3.55. The van der Waals surface area contributed by atoms with Crippen LogP contribution in [0.4, 0.5) is 4.79 Å². The number of nitrogens with zero attached hydrogens (tertiary/aromatic N) is 1. The number of ketones is 1. The predicted octanol–water partition coefficient (Wildman–Crippen LogP) is 2.47. The van der Waals surface area contributed by atoms with Crippen molar-refractivity contribution in [1.82, 2.24) is 4.90 Å².